The summed E-state index contributed by atoms with van der Waals surface area (Å²) in [5, 5.41) is 10.8. The van der Waals surface area contributed by atoms with Crippen molar-refractivity contribution in [2.75, 3.05) is 40.3 Å². The number of ketones is 1. The van der Waals surface area contributed by atoms with Crippen molar-refractivity contribution in [2.45, 2.75) is 116 Å². The molecule has 7 unspecified atom stereocenters. The number of carbonyl (C=O) groups is 4. The molecule has 1 aromatic carbocycles. The number of esters is 2. The van der Waals surface area contributed by atoms with Crippen LogP contribution >= 0.6 is 0 Å². The van der Waals surface area contributed by atoms with E-state index < -0.39 is 64.4 Å². The quantitative estimate of drug-likeness (QED) is 0.0848. The van der Waals surface area contributed by atoms with E-state index >= 15 is 4.79 Å². The summed E-state index contributed by atoms with van der Waals surface area (Å²) in [6, 6.07) is 2.37. The second-order valence-corrected chi connectivity index (χ2v) is 19.8. The summed E-state index contributed by atoms with van der Waals surface area (Å²) in [6.45, 7) is 18.0. The summed E-state index contributed by atoms with van der Waals surface area (Å²) < 4.78 is 33.5. The molecule has 1 spiro atoms. The van der Waals surface area contributed by atoms with Gasteiger partial charge in [-0.05, 0) is 100 Å². The van der Waals surface area contributed by atoms with Crippen molar-refractivity contribution in [1.29, 1.82) is 5.26 Å². The van der Waals surface area contributed by atoms with Crippen LogP contribution < -0.4 is 19.9 Å². The highest BCUT2D eigenvalue weighted by Gasteiger charge is 2.84. The average molecular weight is 876 g/mol. The number of amides is 1. The van der Waals surface area contributed by atoms with Crippen molar-refractivity contribution in [1.82, 2.24) is 9.80 Å². The van der Waals surface area contributed by atoms with Crippen molar-refractivity contribution < 1.29 is 42.9 Å². The number of nitriles is 1. The zero-order valence-electron chi connectivity index (χ0n) is 38.8. The first-order valence-corrected chi connectivity index (χ1v) is 22.4. The van der Waals surface area contributed by atoms with E-state index in [1.807, 2.05) is 53.8 Å². The number of rotatable bonds is 11. The van der Waals surface area contributed by atoms with E-state index in [-0.39, 0.29) is 35.4 Å². The molecule has 5 heterocycles. The number of methoxy groups -OCH3 is 1. The van der Waals surface area contributed by atoms with Crippen molar-refractivity contribution in [3.8, 4) is 23.3 Å². The molecule has 3 saturated carbocycles. The number of hydrogen-bond acceptors (Lipinski definition) is 13. The normalized spacial score (nSPS) is 30.5. The topological polar surface area (TPSA) is 183 Å². The highest BCUT2D eigenvalue weighted by Crippen LogP contribution is 2.74. The number of Topliss-reactive ketones (excluding diaryl/α,β-unsaturated/α-hetero) is 1. The summed E-state index contributed by atoms with van der Waals surface area (Å²) in [6.07, 6.45) is 11.3. The fourth-order valence-corrected chi connectivity index (χ4v) is 11.3. The summed E-state index contributed by atoms with van der Waals surface area (Å²) in [7, 11) is 3.29. The Bertz CT molecular complexity index is 2450. The Balaban J connectivity index is 1.41. The zero-order valence-corrected chi connectivity index (χ0v) is 38.8. The van der Waals surface area contributed by atoms with Gasteiger partial charge in [0.15, 0.2) is 22.7 Å². The van der Waals surface area contributed by atoms with Gasteiger partial charge in [0.1, 0.15) is 35.3 Å². The Hall–Kier alpha value is -5.52. The second kappa shape index (κ2) is 16.2. The summed E-state index contributed by atoms with van der Waals surface area (Å²) in [4.78, 5) is 65.0. The van der Waals surface area contributed by atoms with Crippen LogP contribution in [0.5, 0.6) is 17.2 Å². The van der Waals surface area contributed by atoms with E-state index in [1.165, 1.54) is 12.7 Å². The predicted molar refractivity (Wildman–Crippen MR) is 240 cm³/mol. The summed E-state index contributed by atoms with van der Waals surface area (Å²) >= 11 is 0. The molecule has 2 N–H and O–H groups in total. The number of carbonyl (C=O) groups excluding carboxylic acids is 4. The Labute approximate surface area is 375 Å². The smallest absolute Gasteiger partial charge is 0.333 e. The first-order chi connectivity index (χ1) is 30.2. The van der Waals surface area contributed by atoms with Crippen molar-refractivity contribution in [2.24, 2.45) is 34.4 Å². The Kier molecular flexibility index (Phi) is 11.4. The zero-order chi connectivity index (χ0) is 46.3. The molecule has 0 radical (unpaired) electrons. The first kappa shape index (κ1) is 45.1. The summed E-state index contributed by atoms with van der Waals surface area (Å²) in [5.74, 6) is -3.92. The van der Waals surface area contributed by atoms with Crippen LogP contribution in [-0.2, 0) is 35.1 Å². The monoisotopic (exact) mass is 875 g/mol. The van der Waals surface area contributed by atoms with Crippen LogP contribution in [0, 0.1) is 35.0 Å². The molecular weight excluding hydrogens is 815 g/mol. The van der Waals surface area contributed by atoms with Gasteiger partial charge in [-0.25, -0.2) is 9.79 Å². The lowest BCUT2D eigenvalue weighted by Gasteiger charge is -2.62. The minimum Gasteiger partial charge on any atom is -0.482 e. The molecule has 2 saturated heterocycles. The van der Waals surface area contributed by atoms with Gasteiger partial charge >= 0.3 is 11.9 Å². The van der Waals surface area contributed by atoms with Gasteiger partial charge in [0.25, 0.3) is 0 Å². The third-order valence-corrected chi connectivity index (χ3v) is 14.5. The summed E-state index contributed by atoms with van der Waals surface area (Å²) in [5.41, 5.74) is 6.72. The highest BCUT2D eigenvalue weighted by atomic mass is 16.6. The van der Waals surface area contributed by atoms with Crippen molar-refractivity contribution >= 4 is 41.2 Å². The van der Waals surface area contributed by atoms with Gasteiger partial charge in [0.05, 0.1) is 35.6 Å². The molecular formula is C50H61N5O9. The van der Waals surface area contributed by atoms with Gasteiger partial charge in [-0.1, -0.05) is 29.4 Å². The van der Waals surface area contributed by atoms with E-state index in [2.05, 4.69) is 37.0 Å². The van der Waals surface area contributed by atoms with E-state index in [9.17, 15) is 19.6 Å². The minimum atomic E-state index is -1.68. The van der Waals surface area contributed by atoms with Crippen LogP contribution in [0.4, 0.5) is 0 Å². The molecule has 5 aliphatic heterocycles. The largest absolute Gasteiger partial charge is 0.482 e. The molecule has 0 aromatic heterocycles. The number of nitrogens with two attached hydrogens (primary N) is 1. The number of hydrogen-bond donors (Lipinski definition) is 1. The maximum absolute atomic E-state index is 15.4. The fourth-order valence-electron chi connectivity index (χ4n) is 11.3. The number of ether oxygens (including phenoxy) is 5. The molecule has 8 aliphatic rings. The molecule has 7 atom stereocenters. The van der Waals surface area contributed by atoms with Crippen LogP contribution in [0.15, 0.2) is 51.6 Å². The van der Waals surface area contributed by atoms with Crippen LogP contribution in [0.2, 0.25) is 0 Å². The third kappa shape index (κ3) is 7.01. The molecule has 3 aliphatic carbocycles. The lowest BCUT2D eigenvalue weighted by molar-refractivity contribution is -0.183. The van der Waals surface area contributed by atoms with E-state index in [4.69, 9.17) is 34.4 Å². The molecule has 9 rings (SSSR count). The van der Waals surface area contributed by atoms with Crippen molar-refractivity contribution in [3.05, 3.63) is 63.3 Å². The van der Waals surface area contributed by atoms with Gasteiger partial charge in [-0.2, -0.15) is 5.26 Å². The number of amidine groups is 1. The van der Waals surface area contributed by atoms with Crippen LogP contribution in [-0.4, -0.2) is 102 Å². The molecule has 1 amide bonds. The number of piperazine rings is 1. The lowest BCUT2D eigenvalue weighted by Crippen LogP contribution is -2.75. The van der Waals surface area contributed by atoms with Gasteiger partial charge < -0.3 is 39.2 Å². The number of aliphatic imine (C=N–C) groups is 1. The predicted octanol–water partition coefficient (Wildman–Crippen LogP) is 6.42. The second-order valence-electron chi connectivity index (χ2n) is 19.8. The van der Waals surface area contributed by atoms with Gasteiger partial charge in [-0.3, -0.25) is 14.4 Å². The van der Waals surface area contributed by atoms with Crippen LogP contribution in [0.25, 0.3) is 11.8 Å². The minimum absolute atomic E-state index is 0.0299. The van der Waals surface area contributed by atoms with Gasteiger partial charge in [0, 0.05) is 67.1 Å². The number of allylic oxidation sites excluding steroid dienone is 4. The molecule has 64 heavy (non-hydrogen) atoms. The Morgan fingerprint density at radius 2 is 1.72 bits per heavy atom. The van der Waals surface area contributed by atoms with E-state index in [0.29, 0.717) is 84.7 Å². The maximum Gasteiger partial charge on any atom is 0.333 e. The van der Waals surface area contributed by atoms with Gasteiger partial charge in [0.2, 0.25) is 5.91 Å². The molecule has 4 bridgehead atoms. The fraction of sp³-hybridized carbons (Fsp3) is 0.560. The SMILES string of the molecule is COC(=O)C(C)=CCC12OC(C)(C)C3CC(C1=O)C1C4=C(N=C(N)C1C#N)c1c(OC(=O)CC(=O)N5CCN(C)CC5)c5c(c(CC=C(C)C)c1OC432)OC(C)(CCC=C(C)C)C=C5. The van der Waals surface area contributed by atoms with Crippen LogP contribution in [0.3, 0.4) is 0 Å². The average Bonchev–Trinajstić information content (AvgIpc) is 3.37. The maximum atomic E-state index is 15.4. The Morgan fingerprint density at radius 3 is 2.38 bits per heavy atom. The molecule has 1 aromatic rings. The molecule has 14 nitrogen and oxygen atoms in total. The number of nitrogens with zero attached hydrogens (tertiary/aromatic N) is 4. The standard InChI is InChI=1S/C50H61N5O9/c1-27(2)12-11-17-48(8)18-16-31-41(62-48)30(14-13-28(3)4)43-38(42(31)61-36(57)25-35(56)55-22-20-54(9)21-23-55)40-39-37(33(26-51)45(52)53-40)32-24-34-47(6,7)64-49(44(32)58,50(34,39)63-43)19-15-29(5)46(59)60-10/h12-13,15-16,18,32-34,37H,11,14,17,19-25H2,1-10H3,(H2,52,53). The first-order valence-electron chi connectivity index (χ1n) is 22.4. The molecule has 340 valence electrons. The third-order valence-electron chi connectivity index (χ3n) is 14.5. The molecule has 14 heteroatoms. The Morgan fingerprint density at radius 1 is 1.02 bits per heavy atom. The van der Waals surface area contributed by atoms with Gasteiger partial charge in [-0.15, -0.1) is 0 Å². The van der Waals surface area contributed by atoms with E-state index in [1.54, 1.807) is 17.9 Å². The molecule has 5 fully saturated rings. The lowest BCUT2D eigenvalue weighted by atomic mass is 9.44. The number of fused-ring (bicyclic) bond motifs is 3. The number of benzene rings is 1. The van der Waals surface area contributed by atoms with Crippen LogP contribution in [0.1, 0.15) is 104 Å². The number of likely N-dealkylation sites (N-methyl/N-ethyl adjacent to an activating group) is 1. The highest BCUT2D eigenvalue weighted by molar-refractivity contribution is 6.06. The van der Waals surface area contributed by atoms with E-state index in [0.717, 1.165) is 12.0 Å². The van der Waals surface area contributed by atoms with Crippen molar-refractivity contribution in [3.63, 3.8) is 0 Å².